The first-order valence-corrected chi connectivity index (χ1v) is 12.8. The SMILES string of the molecule is CCS(=O)(=O)Nc1ccc(NC(=O)c2cccc(S(=O)(=O)Nc3cccc(C)c3)c2)cc1. The lowest BCUT2D eigenvalue weighted by Crippen LogP contribution is -2.16. The monoisotopic (exact) mass is 473 g/mol. The maximum absolute atomic E-state index is 12.7. The van der Waals surface area contributed by atoms with Crippen LogP contribution in [-0.4, -0.2) is 28.5 Å². The summed E-state index contributed by atoms with van der Waals surface area (Å²) >= 11 is 0. The van der Waals surface area contributed by atoms with Gasteiger partial charge in [-0.2, -0.15) is 0 Å². The topological polar surface area (TPSA) is 121 Å². The molecule has 0 atom stereocenters. The number of rotatable bonds is 8. The molecule has 0 spiro atoms. The molecule has 0 saturated carbocycles. The summed E-state index contributed by atoms with van der Waals surface area (Å²) in [5.74, 6) is -0.553. The molecule has 0 aromatic heterocycles. The van der Waals surface area contributed by atoms with E-state index in [9.17, 15) is 21.6 Å². The Morgan fingerprint density at radius 2 is 1.44 bits per heavy atom. The molecule has 8 nitrogen and oxygen atoms in total. The predicted molar refractivity (Wildman–Crippen MR) is 126 cm³/mol. The third kappa shape index (κ3) is 6.08. The predicted octanol–water partition coefficient (Wildman–Crippen LogP) is 3.81. The number of aryl methyl sites for hydroxylation is 1. The molecule has 0 aliphatic carbocycles. The standard InChI is InChI=1S/C22H23N3O5S2/c1-3-31(27,28)24-19-12-10-18(11-13-19)23-22(26)17-7-5-9-21(15-17)32(29,30)25-20-8-4-6-16(2)14-20/h4-15,24-25H,3H2,1-2H3,(H,23,26). The van der Waals surface area contributed by atoms with Gasteiger partial charge in [-0.15, -0.1) is 0 Å². The lowest BCUT2D eigenvalue weighted by molar-refractivity contribution is 0.102. The molecule has 0 unspecified atom stereocenters. The number of hydrogen-bond acceptors (Lipinski definition) is 5. The van der Waals surface area contributed by atoms with Crippen molar-refractivity contribution in [2.75, 3.05) is 20.5 Å². The molecule has 0 aliphatic rings. The number of anilines is 3. The molecule has 3 aromatic rings. The molecule has 0 heterocycles. The van der Waals surface area contributed by atoms with E-state index in [0.29, 0.717) is 17.1 Å². The Kier molecular flexibility index (Phi) is 6.85. The van der Waals surface area contributed by atoms with Gasteiger partial charge in [0.15, 0.2) is 0 Å². The van der Waals surface area contributed by atoms with E-state index in [0.717, 1.165) is 5.56 Å². The van der Waals surface area contributed by atoms with Gasteiger partial charge in [0.2, 0.25) is 10.0 Å². The van der Waals surface area contributed by atoms with Crippen LogP contribution in [0.4, 0.5) is 17.1 Å². The van der Waals surface area contributed by atoms with Crippen LogP contribution in [0.25, 0.3) is 0 Å². The summed E-state index contributed by atoms with van der Waals surface area (Å²) in [5.41, 5.74) is 2.30. The van der Waals surface area contributed by atoms with Gasteiger partial charge in [-0.05, 0) is 74.0 Å². The minimum absolute atomic E-state index is 0.0454. The Morgan fingerprint density at radius 3 is 2.09 bits per heavy atom. The summed E-state index contributed by atoms with van der Waals surface area (Å²) in [6.07, 6.45) is 0. The van der Waals surface area contributed by atoms with E-state index < -0.39 is 26.0 Å². The van der Waals surface area contributed by atoms with Gasteiger partial charge in [0, 0.05) is 22.6 Å². The fraction of sp³-hybridized carbons (Fsp3) is 0.136. The number of sulfonamides is 2. The van der Waals surface area contributed by atoms with Crippen molar-refractivity contribution in [1.82, 2.24) is 0 Å². The zero-order valence-corrected chi connectivity index (χ0v) is 19.1. The molecule has 0 bridgehead atoms. The number of nitrogens with one attached hydrogen (secondary N) is 3. The van der Waals surface area contributed by atoms with E-state index in [1.807, 2.05) is 13.0 Å². The molecular weight excluding hydrogens is 450 g/mol. The Hall–Kier alpha value is -3.37. The van der Waals surface area contributed by atoms with E-state index in [2.05, 4.69) is 14.8 Å². The highest BCUT2D eigenvalue weighted by Gasteiger charge is 2.17. The second kappa shape index (κ2) is 9.41. The smallest absolute Gasteiger partial charge is 0.261 e. The second-order valence-electron chi connectivity index (χ2n) is 7.04. The van der Waals surface area contributed by atoms with Crippen LogP contribution in [0.2, 0.25) is 0 Å². The van der Waals surface area contributed by atoms with Crippen LogP contribution < -0.4 is 14.8 Å². The number of hydrogen-bond donors (Lipinski definition) is 3. The van der Waals surface area contributed by atoms with E-state index in [4.69, 9.17) is 0 Å². The lowest BCUT2D eigenvalue weighted by Gasteiger charge is -2.11. The van der Waals surface area contributed by atoms with Gasteiger partial charge in [-0.1, -0.05) is 18.2 Å². The molecule has 3 N–H and O–H groups in total. The lowest BCUT2D eigenvalue weighted by atomic mass is 10.2. The molecule has 3 rings (SSSR count). The van der Waals surface area contributed by atoms with Crippen molar-refractivity contribution in [3.05, 3.63) is 83.9 Å². The maximum Gasteiger partial charge on any atom is 0.261 e. The first kappa shape index (κ1) is 23.3. The Morgan fingerprint density at radius 1 is 0.781 bits per heavy atom. The highest BCUT2D eigenvalue weighted by atomic mass is 32.2. The minimum Gasteiger partial charge on any atom is -0.322 e. The fourth-order valence-electron chi connectivity index (χ4n) is 2.80. The fourth-order valence-corrected chi connectivity index (χ4v) is 4.54. The van der Waals surface area contributed by atoms with Gasteiger partial charge < -0.3 is 5.32 Å². The van der Waals surface area contributed by atoms with Crippen LogP contribution in [0, 0.1) is 6.92 Å². The highest BCUT2D eigenvalue weighted by Crippen LogP contribution is 2.20. The summed E-state index contributed by atoms with van der Waals surface area (Å²) in [7, 11) is -7.28. The Bertz CT molecular complexity index is 1340. The van der Waals surface area contributed by atoms with Crippen molar-refractivity contribution in [3.63, 3.8) is 0 Å². The van der Waals surface area contributed by atoms with Crippen LogP contribution in [0.3, 0.4) is 0 Å². The van der Waals surface area contributed by atoms with Gasteiger partial charge in [0.05, 0.1) is 10.6 Å². The van der Waals surface area contributed by atoms with Crippen molar-refractivity contribution in [2.24, 2.45) is 0 Å². The zero-order chi connectivity index (χ0) is 23.4. The van der Waals surface area contributed by atoms with Crippen molar-refractivity contribution in [1.29, 1.82) is 0 Å². The third-order valence-electron chi connectivity index (χ3n) is 4.47. The molecule has 168 valence electrons. The average Bonchev–Trinajstić information content (AvgIpc) is 2.75. The summed E-state index contributed by atoms with van der Waals surface area (Å²) in [6.45, 7) is 3.38. The third-order valence-corrected chi connectivity index (χ3v) is 7.16. The minimum atomic E-state index is -3.88. The number of amides is 1. The van der Waals surface area contributed by atoms with E-state index >= 15 is 0 Å². The molecule has 32 heavy (non-hydrogen) atoms. The molecule has 0 radical (unpaired) electrons. The number of benzene rings is 3. The normalized spacial score (nSPS) is 11.6. The van der Waals surface area contributed by atoms with Gasteiger partial charge in [0.1, 0.15) is 0 Å². The van der Waals surface area contributed by atoms with E-state index in [-0.39, 0.29) is 16.2 Å². The first-order chi connectivity index (χ1) is 15.1. The Balaban J connectivity index is 1.74. The number of carbonyl (C=O) groups excluding carboxylic acids is 1. The molecule has 0 aliphatic heterocycles. The summed E-state index contributed by atoms with van der Waals surface area (Å²) in [4.78, 5) is 12.6. The van der Waals surface area contributed by atoms with Crippen LogP contribution >= 0.6 is 0 Å². The average molecular weight is 474 g/mol. The zero-order valence-electron chi connectivity index (χ0n) is 17.5. The summed E-state index contributed by atoms with van der Waals surface area (Å²) in [5, 5.41) is 2.67. The van der Waals surface area contributed by atoms with E-state index in [1.54, 1.807) is 30.3 Å². The van der Waals surface area contributed by atoms with Gasteiger partial charge in [-0.3, -0.25) is 14.2 Å². The quantitative estimate of drug-likeness (QED) is 0.459. The van der Waals surface area contributed by atoms with Gasteiger partial charge >= 0.3 is 0 Å². The summed E-state index contributed by atoms with van der Waals surface area (Å²) < 4.78 is 53.6. The highest BCUT2D eigenvalue weighted by molar-refractivity contribution is 7.93. The van der Waals surface area contributed by atoms with Crippen LogP contribution in [0.15, 0.2) is 77.7 Å². The molecule has 0 saturated heterocycles. The van der Waals surface area contributed by atoms with Crippen LogP contribution in [0.5, 0.6) is 0 Å². The molecule has 3 aromatic carbocycles. The van der Waals surface area contributed by atoms with Crippen molar-refractivity contribution >= 4 is 43.0 Å². The van der Waals surface area contributed by atoms with Crippen molar-refractivity contribution in [3.8, 4) is 0 Å². The second-order valence-corrected chi connectivity index (χ2v) is 10.7. The molecule has 0 fully saturated rings. The Labute approximate surface area is 187 Å². The van der Waals surface area contributed by atoms with Gasteiger partial charge in [0.25, 0.3) is 15.9 Å². The van der Waals surface area contributed by atoms with Crippen LogP contribution in [0.1, 0.15) is 22.8 Å². The first-order valence-electron chi connectivity index (χ1n) is 9.69. The number of carbonyl (C=O) groups is 1. The summed E-state index contributed by atoms with van der Waals surface area (Å²) in [6, 6.07) is 18.8. The largest absolute Gasteiger partial charge is 0.322 e. The van der Waals surface area contributed by atoms with Crippen LogP contribution in [-0.2, 0) is 20.0 Å². The van der Waals surface area contributed by atoms with E-state index in [1.165, 1.54) is 43.3 Å². The van der Waals surface area contributed by atoms with Gasteiger partial charge in [-0.25, -0.2) is 16.8 Å². The van der Waals surface area contributed by atoms with Crippen molar-refractivity contribution in [2.45, 2.75) is 18.7 Å². The van der Waals surface area contributed by atoms with Crippen molar-refractivity contribution < 1.29 is 21.6 Å². The maximum atomic E-state index is 12.7. The molecule has 1 amide bonds. The molecular formula is C22H23N3O5S2. The molecule has 10 heteroatoms.